The van der Waals surface area contributed by atoms with Crippen LogP contribution in [0.15, 0.2) is 10.4 Å². The molecule has 0 aliphatic heterocycles. The Hall–Kier alpha value is -0.160. The molecule has 3 nitrogen and oxygen atoms in total. The molecule has 0 amide bonds. The largest absolute Gasteiger partial charge is 0.393 e. The van der Waals surface area contributed by atoms with Crippen molar-refractivity contribution >= 4 is 21.6 Å². The van der Waals surface area contributed by atoms with Gasteiger partial charge in [0.1, 0.15) is 0 Å². The van der Waals surface area contributed by atoms with E-state index in [1.165, 1.54) is 11.8 Å². The van der Waals surface area contributed by atoms with E-state index in [0.717, 1.165) is 24.7 Å². The molecule has 0 aromatic heterocycles. The van der Waals surface area contributed by atoms with Crippen LogP contribution in [0.2, 0.25) is 0 Å². The fourth-order valence-electron chi connectivity index (χ4n) is 0.837. The zero-order chi connectivity index (χ0) is 10.3. The lowest BCUT2D eigenvalue weighted by Gasteiger charge is -1.99. The van der Waals surface area contributed by atoms with E-state index in [9.17, 15) is 8.42 Å². The topological polar surface area (TPSA) is 60.2 Å². The molecule has 0 aliphatic carbocycles. The number of unbranched alkanes of at least 4 members (excludes halogenated alkanes) is 2. The summed E-state index contributed by atoms with van der Waals surface area (Å²) in [6.07, 6.45) is 4.45. The van der Waals surface area contributed by atoms with E-state index in [4.69, 9.17) is 5.73 Å². The van der Waals surface area contributed by atoms with Gasteiger partial charge in [0.15, 0.2) is 9.84 Å². The molecule has 0 aliphatic rings. The predicted molar refractivity (Wildman–Crippen MR) is 59.1 cm³/mol. The van der Waals surface area contributed by atoms with Crippen LogP contribution < -0.4 is 5.73 Å². The Morgan fingerprint density at radius 3 is 2.54 bits per heavy atom. The maximum absolute atomic E-state index is 11.3. The van der Waals surface area contributed by atoms with E-state index in [0.29, 0.717) is 5.03 Å². The summed E-state index contributed by atoms with van der Waals surface area (Å²) in [7, 11) is -3.07. The van der Waals surface area contributed by atoms with Gasteiger partial charge in [-0.1, -0.05) is 19.8 Å². The molecule has 13 heavy (non-hydrogen) atoms. The van der Waals surface area contributed by atoms with Crippen LogP contribution in [0.1, 0.15) is 26.2 Å². The second-order valence-electron chi connectivity index (χ2n) is 2.80. The summed E-state index contributed by atoms with van der Waals surface area (Å²) >= 11 is 1.25. The average Bonchev–Trinajstić information content (AvgIpc) is 2.03. The number of thioether (sulfide) groups is 1. The quantitative estimate of drug-likeness (QED) is 0.696. The molecular weight excluding hydrogens is 206 g/mol. The highest BCUT2D eigenvalue weighted by Gasteiger charge is 2.06. The zero-order valence-electron chi connectivity index (χ0n) is 8.12. The van der Waals surface area contributed by atoms with Gasteiger partial charge in [0.25, 0.3) is 0 Å². The van der Waals surface area contributed by atoms with Crippen molar-refractivity contribution in [2.75, 3.05) is 12.0 Å². The molecular formula is C8H17NO2S2. The summed E-state index contributed by atoms with van der Waals surface area (Å²) in [5.41, 5.74) is 5.41. The number of rotatable bonds is 6. The lowest BCUT2D eigenvalue weighted by atomic mass is 10.3. The van der Waals surface area contributed by atoms with Crippen molar-refractivity contribution in [2.45, 2.75) is 26.2 Å². The van der Waals surface area contributed by atoms with Crippen LogP contribution in [0, 0.1) is 0 Å². The summed E-state index contributed by atoms with van der Waals surface area (Å²) in [4.78, 5) is 0. The van der Waals surface area contributed by atoms with Gasteiger partial charge in [0.05, 0.1) is 16.2 Å². The van der Waals surface area contributed by atoms with Crippen molar-refractivity contribution in [1.29, 1.82) is 0 Å². The SMILES string of the molecule is CCCCCS(=O)(=O)C=C(N)SC. The molecule has 0 bridgehead atoms. The molecule has 0 heterocycles. The summed E-state index contributed by atoms with van der Waals surface area (Å²) in [5.74, 6) is 0.210. The average molecular weight is 223 g/mol. The highest BCUT2D eigenvalue weighted by molar-refractivity contribution is 8.03. The Balaban J connectivity index is 4.10. The van der Waals surface area contributed by atoms with Crippen LogP contribution in [0.3, 0.4) is 0 Å². The van der Waals surface area contributed by atoms with E-state index in [1.54, 1.807) is 6.26 Å². The Bertz CT molecular complexity index is 257. The summed E-state index contributed by atoms with van der Waals surface area (Å²) < 4.78 is 22.6. The smallest absolute Gasteiger partial charge is 0.174 e. The van der Waals surface area contributed by atoms with Crippen molar-refractivity contribution in [3.8, 4) is 0 Å². The minimum absolute atomic E-state index is 0.210. The van der Waals surface area contributed by atoms with Gasteiger partial charge in [-0.2, -0.15) is 0 Å². The van der Waals surface area contributed by atoms with E-state index >= 15 is 0 Å². The van der Waals surface area contributed by atoms with Gasteiger partial charge in [-0.05, 0) is 12.7 Å². The summed E-state index contributed by atoms with van der Waals surface area (Å²) in [6.45, 7) is 2.04. The molecule has 5 heteroatoms. The molecule has 0 fully saturated rings. The molecule has 0 radical (unpaired) electrons. The second-order valence-corrected chi connectivity index (χ2v) is 5.65. The third-order valence-corrected chi connectivity index (χ3v) is 3.77. The van der Waals surface area contributed by atoms with Gasteiger partial charge >= 0.3 is 0 Å². The van der Waals surface area contributed by atoms with E-state index in [1.807, 2.05) is 6.92 Å². The third-order valence-electron chi connectivity index (χ3n) is 1.56. The van der Waals surface area contributed by atoms with Crippen LogP contribution in [0.5, 0.6) is 0 Å². The molecule has 0 aromatic carbocycles. The predicted octanol–water partition coefficient (Wildman–Crippen LogP) is 1.71. The zero-order valence-corrected chi connectivity index (χ0v) is 9.75. The molecule has 0 aromatic rings. The Morgan fingerprint density at radius 2 is 2.08 bits per heavy atom. The molecule has 0 spiro atoms. The van der Waals surface area contributed by atoms with Crippen molar-refractivity contribution in [1.82, 2.24) is 0 Å². The van der Waals surface area contributed by atoms with Crippen LogP contribution in [0.4, 0.5) is 0 Å². The highest BCUT2D eigenvalue weighted by atomic mass is 32.2. The molecule has 0 atom stereocenters. The lowest BCUT2D eigenvalue weighted by molar-refractivity contribution is 0.599. The molecule has 78 valence electrons. The minimum atomic E-state index is -3.07. The molecule has 0 saturated heterocycles. The fraction of sp³-hybridized carbons (Fsp3) is 0.750. The summed E-state index contributed by atoms with van der Waals surface area (Å²) in [6, 6.07) is 0. The molecule has 0 unspecified atom stereocenters. The van der Waals surface area contributed by atoms with Gasteiger partial charge < -0.3 is 5.73 Å². The first-order valence-corrected chi connectivity index (χ1v) is 7.19. The molecule has 0 saturated carbocycles. The van der Waals surface area contributed by atoms with E-state index in [2.05, 4.69) is 0 Å². The first-order valence-electron chi connectivity index (χ1n) is 4.25. The van der Waals surface area contributed by atoms with Crippen LogP contribution in [0.25, 0.3) is 0 Å². The first kappa shape index (κ1) is 12.8. The number of sulfone groups is 1. The molecule has 2 N–H and O–H groups in total. The minimum Gasteiger partial charge on any atom is -0.393 e. The van der Waals surface area contributed by atoms with Gasteiger partial charge in [-0.15, -0.1) is 11.8 Å². The summed E-state index contributed by atoms with van der Waals surface area (Å²) in [5, 5.41) is 1.52. The maximum atomic E-state index is 11.3. The standard InChI is InChI=1S/C8H17NO2S2/c1-3-4-5-6-13(10,11)7-8(9)12-2/h7H,3-6,9H2,1-2H3. The number of hydrogen-bond donors (Lipinski definition) is 1. The maximum Gasteiger partial charge on any atom is 0.174 e. The first-order chi connectivity index (χ1) is 6.02. The van der Waals surface area contributed by atoms with E-state index in [-0.39, 0.29) is 5.75 Å². The van der Waals surface area contributed by atoms with Gasteiger partial charge in [0.2, 0.25) is 0 Å². The number of nitrogens with two attached hydrogens (primary N) is 1. The monoisotopic (exact) mass is 223 g/mol. The van der Waals surface area contributed by atoms with Crippen molar-refractivity contribution in [3.05, 3.63) is 10.4 Å². The van der Waals surface area contributed by atoms with Gasteiger partial charge in [-0.3, -0.25) is 0 Å². The molecule has 0 rings (SSSR count). The second kappa shape index (κ2) is 6.32. The Labute approximate surface area is 84.7 Å². The lowest BCUT2D eigenvalue weighted by Crippen LogP contribution is -2.05. The Kier molecular flexibility index (Phi) is 6.24. The number of hydrogen-bond acceptors (Lipinski definition) is 4. The van der Waals surface area contributed by atoms with Gasteiger partial charge in [0, 0.05) is 0 Å². The third kappa shape index (κ3) is 6.95. The van der Waals surface area contributed by atoms with Crippen molar-refractivity contribution < 1.29 is 8.42 Å². The normalized spacial score (nSPS) is 13.2. The van der Waals surface area contributed by atoms with Crippen LogP contribution >= 0.6 is 11.8 Å². The highest BCUT2D eigenvalue weighted by Crippen LogP contribution is 2.08. The van der Waals surface area contributed by atoms with E-state index < -0.39 is 9.84 Å². The van der Waals surface area contributed by atoms with Crippen LogP contribution in [-0.4, -0.2) is 20.4 Å². The Morgan fingerprint density at radius 1 is 1.46 bits per heavy atom. The van der Waals surface area contributed by atoms with Crippen LogP contribution in [-0.2, 0) is 9.84 Å². The van der Waals surface area contributed by atoms with Crippen molar-refractivity contribution in [2.24, 2.45) is 5.73 Å². The fourth-order valence-corrected chi connectivity index (χ4v) is 2.74. The van der Waals surface area contributed by atoms with Gasteiger partial charge in [-0.25, -0.2) is 8.42 Å². The van der Waals surface area contributed by atoms with Crippen molar-refractivity contribution in [3.63, 3.8) is 0 Å².